The molecule has 1 atom stereocenters. The molecule has 0 radical (unpaired) electrons. The highest BCUT2D eigenvalue weighted by Crippen LogP contribution is 2.19. The van der Waals surface area contributed by atoms with Crippen LogP contribution in [0, 0.1) is 0 Å². The molecule has 31 heavy (non-hydrogen) atoms. The summed E-state index contributed by atoms with van der Waals surface area (Å²) in [6.07, 6.45) is 2.42. The predicted molar refractivity (Wildman–Crippen MR) is 119 cm³/mol. The zero-order valence-electron chi connectivity index (χ0n) is 18.4. The van der Waals surface area contributed by atoms with Crippen LogP contribution in [0.2, 0.25) is 0 Å². The summed E-state index contributed by atoms with van der Waals surface area (Å²) in [7, 11) is 0. The van der Waals surface area contributed by atoms with E-state index in [-0.39, 0.29) is 24.5 Å². The number of benzene rings is 1. The molecule has 8 nitrogen and oxygen atoms in total. The number of piperazine rings is 1. The SMILES string of the molecule is CCNC(=NCC(=O)N1CCc2ccccc2C1)N1CCN(C(=O)C2CCCO2)CC1. The number of ether oxygens (including phenoxy) is 1. The van der Waals surface area contributed by atoms with E-state index in [9.17, 15) is 9.59 Å². The van der Waals surface area contributed by atoms with Crippen molar-refractivity contribution >= 4 is 17.8 Å². The van der Waals surface area contributed by atoms with E-state index in [4.69, 9.17) is 4.74 Å². The second kappa shape index (κ2) is 10.1. The molecule has 8 heteroatoms. The van der Waals surface area contributed by atoms with Crippen LogP contribution in [-0.2, 0) is 27.3 Å². The Hall–Kier alpha value is -2.61. The van der Waals surface area contributed by atoms with Crippen LogP contribution in [0.3, 0.4) is 0 Å². The van der Waals surface area contributed by atoms with Crippen LogP contribution in [0.4, 0.5) is 0 Å². The van der Waals surface area contributed by atoms with Crippen LogP contribution in [0.1, 0.15) is 30.9 Å². The first-order valence-electron chi connectivity index (χ1n) is 11.4. The van der Waals surface area contributed by atoms with Crippen molar-refractivity contribution in [2.24, 2.45) is 4.99 Å². The first-order chi connectivity index (χ1) is 15.2. The van der Waals surface area contributed by atoms with Crippen molar-refractivity contribution in [2.45, 2.75) is 38.8 Å². The lowest BCUT2D eigenvalue weighted by molar-refractivity contribution is -0.142. The van der Waals surface area contributed by atoms with Gasteiger partial charge in [-0.05, 0) is 37.3 Å². The van der Waals surface area contributed by atoms with Gasteiger partial charge in [-0.1, -0.05) is 24.3 Å². The third-order valence-corrected chi connectivity index (χ3v) is 6.28. The van der Waals surface area contributed by atoms with Gasteiger partial charge < -0.3 is 24.8 Å². The van der Waals surface area contributed by atoms with Crippen LogP contribution < -0.4 is 5.32 Å². The van der Waals surface area contributed by atoms with Crippen LogP contribution in [0.15, 0.2) is 29.3 Å². The van der Waals surface area contributed by atoms with Crippen molar-refractivity contribution in [3.63, 3.8) is 0 Å². The van der Waals surface area contributed by atoms with Gasteiger partial charge in [0.2, 0.25) is 5.91 Å². The number of nitrogens with zero attached hydrogens (tertiary/aromatic N) is 4. The summed E-state index contributed by atoms with van der Waals surface area (Å²) in [5.41, 5.74) is 2.56. The van der Waals surface area contributed by atoms with Crippen molar-refractivity contribution in [1.82, 2.24) is 20.0 Å². The van der Waals surface area contributed by atoms with E-state index < -0.39 is 0 Å². The van der Waals surface area contributed by atoms with E-state index in [1.165, 1.54) is 11.1 Å². The minimum atomic E-state index is -0.263. The highest BCUT2D eigenvalue weighted by atomic mass is 16.5. The van der Waals surface area contributed by atoms with Crippen molar-refractivity contribution in [3.8, 4) is 0 Å². The summed E-state index contributed by atoms with van der Waals surface area (Å²) in [5, 5.41) is 3.30. The number of carbonyl (C=O) groups is 2. The molecule has 168 valence electrons. The van der Waals surface area contributed by atoms with Crippen LogP contribution in [0.25, 0.3) is 0 Å². The van der Waals surface area contributed by atoms with E-state index in [0.717, 1.165) is 38.3 Å². The molecule has 0 saturated carbocycles. The van der Waals surface area contributed by atoms with Gasteiger partial charge in [-0.3, -0.25) is 9.59 Å². The van der Waals surface area contributed by atoms with Crippen molar-refractivity contribution < 1.29 is 14.3 Å². The van der Waals surface area contributed by atoms with Gasteiger partial charge in [0.05, 0.1) is 0 Å². The lowest BCUT2D eigenvalue weighted by Gasteiger charge is -2.37. The number of amides is 2. The number of carbonyl (C=O) groups excluding carboxylic acids is 2. The molecule has 1 unspecified atom stereocenters. The molecule has 2 saturated heterocycles. The predicted octanol–water partition coefficient (Wildman–Crippen LogP) is 0.860. The summed E-state index contributed by atoms with van der Waals surface area (Å²) in [6.45, 7) is 7.70. The maximum Gasteiger partial charge on any atom is 0.251 e. The van der Waals surface area contributed by atoms with Crippen LogP contribution >= 0.6 is 0 Å². The maximum atomic E-state index is 12.8. The Morgan fingerprint density at radius 3 is 2.52 bits per heavy atom. The smallest absolute Gasteiger partial charge is 0.251 e. The molecule has 0 spiro atoms. The molecule has 1 aromatic rings. The monoisotopic (exact) mass is 427 g/mol. The minimum Gasteiger partial charge on any atom is -0.368 e. The molecule has 1 aromatic carbocycles. The van der Waals surface area contributed by atoms with Crippen molar-refractivity contribution in [1.29, 1.82) is 0 Å². The average Bonchev–Trinajstić information content (AvgIpc) is 3.36. The van der Waals surface area contributed by atoms with Gasteiger partial charge in [-0.2, -0.15) is 0 Å². The number of aliphatic imine (C=N–C) groups is 1. The number of nitrogens with one attached hydrogen (secondary N) is 1. The van der Waals surface area contributed by atoms with E-state index in [0.29, 0.717) is 39.3 Å². The quantitative estimate of drug-likeness (QED) is 0.570. The van der Waals surface area contributed by atoms with Gasteiger partial charge in [-0.25, -0.2) is 4.99 Å². The zero-order chi connectivity index (χ0) is 21.6. The number of rotatable bonds is 4. The lowest BCUT2D eigenvalue weighted by Crippen LogP contribution is -2.55. The third kappa shape index (κ3) is 5.18. The Morgan fingerprint density at radius 2 is 1.81 bits per heavy atom. The Balaban J connectivity index is 1.31. The Labute approximate surface area is 184 Å². The molecule has 1 N–H and O–H groups in total. The second-order valence-electron chi connectivity index (χ2n) is 8.32. The number of guanidine groups is 1. The Bertz CT molecular complexity index is 813. The molecule has 0 aliphatic carbocycles. The fourth-order valence-corrected chi connectivity index (χ4v) is 4.49. The number of fused-ring (bicyclic) bond motifs is 1. The zero-order valence-corrected chi connectivity index (χ0v) is 18.4. The fraction of sp³-hybridized carbons (Fsp3) is 0.609. The van der Waals surface area contributed by atoms with E-state index in [2.05, 4.69) is 33.4 Å². The van der Waals surface area contributed by atoms with E-state index in [1.54, 1.807) is 0 Å². The molecule has 0 aromatic heterocycles. The lowest BCUT2D eigenvalue weighted by atomic mass is 10.00. The summed E-state index contributed by atoms with van der Waals surface area (Å²) >= 11 is 0. The van der Waals surface area contributed by atoms with E-state index in [1.807, 2.05) is 22.8 Å². The number of hydrogen-bond donors (Lipinski definition) is 1. The van der Waals surface area contributed by atoms with Crippen LogP contribution in [0.5, 0.6) is 0 Å². The van der Waals surface area contributed by atoms with Crippen molar-refractivity contribution in [2.75, 3.05) is 52.4 Å². The maximum absolute atomic E-state index is 12.8. The van der Waals surface area contributed by atoms with Gasteiger partial charge in [0, 0.05) is 52.4 Å². The van der Waals surface area contributed by atoms with Gasteiger partial charge in [0.1, 0.15) is 12.6 Å². The highest BCUT2D eigenvalue weighted by molar-refractivity contribution is 5.86. The topological polar surface area (TPSA) is 77.5 Å². The molecule has 2 fully saturated rings. The van der Waals surface area contributed by atoms with Crippen LogP contribution in [-0.4, -0.2) is 91.0 Å². The van der Waals surface area contributed by atoms with Gasteiger partial charge in [0.25, 0.3) is 5.91 Å². The minimum absolute atomic E-state index is 0.0529. The van der Waals surface area contributed by atoms with Gasteiger partial charge >= 0.3 is 0 Å². The highest BCUT2D eigenvalue weighted by Gasteiger charge is 2.31. The summed E-state index contributed by atoms with van der Waals surface area (Å²) < 4.78 is 5.54. The first-order valence-corrected chi connectivity index (χ1v) is 11.4. The summed E-state index contributed by atoms with van der Waals surface area (Å²) in [5.74, 6) is 0.911. The van der Waals surface area contributed by atoms with Crippen molar-refractivity contribution in [3.05, 3.63) is 35.4 Å². The normalized spacial score (nSPS) is 21.8. The second-order valence-corrected chi connectivity index (χ2v) is 8.32. The molecule has 0 bridgehead atoms. The average molecular weight is 428 g/mol. The molecule has 3 heterocycles. The summed E-state index contributed by atoms with van der Waals surface area (Å²) in [4.78, 5) is 35.9. The fourth-order valence-electron chi connectivity index (χ4n) is 4.49. The van der Waals surface area contributed by atoms with E-state index >= 15 is 0 Å². The summed E-state index contributed by atoms with van der Waals surface area (Å²) in [6, 6.07) is 8.32. The number of hydrogen-bond acceptors (Lipinski definition) is 4. The molecule has 3 aliphatic heterocycles. The molecular formula is C23H33N5O3. The molecular weight excluding hydrogens is 394 g/mol. The largest absolute Gasteiger partial charge is 0.368 e. The molecule has 4 rings (SSSR count). The Morgan fingerprint density at radius 1 is 1.06 bits per heavy atom. The van der Waals surface area contributed by atoms with Gasteiger partial charge in [-0.15, -0.1) is 0 Å². The Kier molecular flexibility index (Phi) is 7.06. The first kappa shape index (κ1) is 21.6. The molecule has 3 aliphatic rings. The standard InChI is InChI=1S/C23H33N5O3/c1-2-24-23(27-13-11-26(12-14-27)22(30)20-8-5-15-31-20)25-16-21(29)28-10-9-18-6-3-4-7-19(18)17-28/h3-4,6-7,20H,2,5,8-17H2,1H3,(H,24,25). The third-order valence-electron chi connectivity index (χ3n) is 6.28. The molecule has 2 amide bonds. The van der Waals surface area contributed by atoms with Gasteiger partial charge in [0.15, 0.2) is 5.96 Å².